The summed E-state index contributed by atoms with van der Waals surface area (Å²) in [5, 5.41) is 1.85. The lowest BCUT2D eigenvalue weighted by molar-refractivity contribution is -0.180. The van der Waals surface area contributed by atoms with Crippen LogP contribution in [-0.2, 0) is 14.4 Å². The molecule has 1 heterocycles. The van der Waals surface area contributed by atoms with Gasteiger partial charge in [-0.1, -0.05) is 0 Å². The van der Waals surface area contributed by atoms with Crippen molar-refractivity contribution in [1.29, 1.82) is 0 Å². The Balaban J connectivity index is 2.43. The fourth-order valence-electron chi connectivity index (χ4n) is 1.68. The highest BCUT2D eigenvalue weighted by molar-refractivity contribution is 5.80. The van der Waals surface area contributed by atoms with E-state index in [-0.39, 0.29) is 5.97 Å². The van der Waals surface area contributed by atoms with Crippen LogP contribution in [0.5, 0.6) is 0 Å². The minimum atomic E-state index is -0.816. The number of rotatable bonds is 4. The number of carbonyl (C=O) groups excluding carboxylic acids is 1. The van der Waals surface area contributed by atoms with Crippen molar-refractivity contribution in [2.24, 2.45) is 5.73 Å². The standard InChI is InChI=1S/C10H20N2O3/c1-3-14-9(13)10(11)5-7-12(8-6-10)15-4-2/h3-8,11H2,1-2H3. The van der Waals surface area contributed by atoms with Crippen molar-refractivity contribution in [3.05, 3.63) is 0 Å². The highest BCUT2D eigenvalue weighted by Gasteiger charge is 2.39. The SMILES string of the molecule is CCOC(=O)C1(N)CCN(OCC)CC1. The predicted octanol–water partition coefficient (Wildman–Crippen LogP) is 0.294. The number of nitrogens with two attached hydrogens (primary N) is 1. The van der Waals surface area contributed by atoms with Crippen molar-refractivity contribution in [3.8, 4) is 0 Å². The highest BCUT2D eigenvalue weighted by Crippen LogP contribution is 2.21. The van der Waals surface area contributed by atoms with E-state index >= 15 is 0 Å². The van der Waals surface area contributed by atoms with Gasteiger partial charge in [0, 0.05) is 13.1 Å². The molecule has 0 aromatic rings. The Morgan fingerprint density at radius 3 is 2.40 bits per heavy atom. The molecular formula is C10H20N2O3. The van der Waals surface area contributed by atoms with Crippen LogP contribution >= 0.6 is 0 Å². The summed E-state index contributed by atoms with van der Waals surface area (Å²) < 4.78 is 4.96. The quantitative estimate of drug-likeness (QED) is 0.684. The van der Waals surface area contributed by atoms with Gasteiger partial charge in [-0.3, -0.25) is 9.63 Å². The second-order valence-corrected chi connectivity index (χ2v) is 3.72. The van der Waals surface area contributed by atoms with Crippen molar-refractivity contribution < 1.29 is 14.4 Å². The molecule has 0 bridgehead atoms. The molecule has 0 radical (unpaired) electrons. The highest BCUT2D eigenvalue weighted by atomic mass is 16.7. The molecule has 0 aromatic carbocycles. The molecule has 0 saturated carbocycles. The van der Waals surface area contributed by atoms with Crippen molar-refractivity contribution in [2.45, 2.75) is 32.2 Å². The molecule has 0 aromatic heterocycles. The molecule has 1 aliphatic heterocycles. The molecular weight excluding hydrogens is 196 g/mol. The van der Waals surface area contributed by atoms with Crippen LogP contribution in [0.15, 0.2) is 0 Å². The van der Waals surface area contributed by atoms with Crippen LogP contribution in [-0.4, -0.2) is 42.9 Å². The molecule has 5 heteroatoms. The fraction of sp³-hybridized carbons (Fsp3) is 0.900. The van der Waals surface area contributed by atoms with Crippen LogP contribution < -0.4 is 5.73 Å². The van der Waals surface area contributed by atoms with E-state index in [1.807, 2.05) is 12.0 Å². The molecule has 1 saturated heterocycles. The van der Waals surface area contributed by atoms with E-state index in [1.165, 1.54) is 0 Å². The molecule has 0 unspecified atom stereocenters. The normalized spacial score (nSPS) is 21.3. The molecule has 0 atom stereocenters. The maximum absolute atomic E-state index is 11.6. The molecule has 1 fully saturated rings. The smallest absolute Gasteiger partial charge is 0.326 e. The lowest BCUT2D eigenvalue weighted by Crippen LogP contribution is -2.56. The Kier molecular flexibility index (Phi) is 4.50. The number of hydroxylamine groups is 2. The average molecular weight is 216 g/mol. The van der Waals surface area contributed by atoms with E-state index in [4.69, 9.17) is 15.3 Å². The van der Waals surface area contributed by atoms with E-state index in [9.17, 15) is 4.79 Å². The van der Waals surface area contributed by atoms with Crippen LogP contribution in [0.25, 0.3) is 0 Å². The molecule has 0 spiro atoms. The number of ether oxygens (including phenoxy) is 1. The second-order valence-electron chi connectivity index (χ2n) is 3.72. The Labute approximate surface area is 90.5 Å². The number of hydrogen-bond donors (Lipinski definition) is 1. The zero-order chi connectivity index (χ0) is 11.3. The molecule has 1 rings (SSSR count). The largest absolute Gasteiger partial charge is 0.465 e. The van der Waals surface area contributed by atoms with Gasteiger partial charge in [0.05, 0.1) is 13.2 Å². The molecule has 0 amide bonds. The first-order valence-corrected chi connectivity index (χ1v) is 5.46. The third-order valence-electron chi connectivity index (χ3n) is 2.61. The summed E-state index contributed by atoms with van der Waals surface area (Å²) in [6, 6.07) is 0. The Morgan fingerprint density at radius 2 is 1.93 bits per heavy atom. The molecule has 2 N–H and O–H groups in total. The minimum absolute atomic E-state index is 0.291. The summed E-state index contributed by atoms with van der Waals surface area (Å²) in [5.74, 6) is -0.291. The predicted molar refractivity (Wildman–Crippen MR) is 56.0 cm³/mol. The molecule has 1 aliphatic rings. The summed E-state index contributed by atoms with van der Waals surface area (Å²) in [7, 11) is 0. The van der Waals surface area contributed by atoms with E-state index in [2.05, 4.69) is 0 Å². The van der Waals surface area contributed by atoms with Crippen molar-refractivity contribution in [2.75, 3.05) is 26.3 Å². The maximum Gasteiger partial charge on any atom is 0.326 e. The summed E-state index contributed by atoms with van der Waals surface area (Å²) >= 11 is 0. The zero-order valence-electron chi connectivity index (χ0n) is 9.49. The minimum Gasteiger partial charge on any atom is -0.465 e. The second kappa shape index (κ2) is 5.44. The number of carbonyl (C=O) groups is 1. The van der Waals surface area contributed by atoms with Gasteiger partial charge in [0.25, 0.3) is 0 Å². The van der Waals surface area contributed by atoms with Crippen LogP contribution in [0.3, 0.4) is 0 Å². The van der Waals surface area contributed by atoms with Gasteiger partial charge in [0.1, 0.15) is 5.54 Å². The van der Waals surface area contributed by atoms with Crippen LogP contribution in [0.1, 0.15) is 26.7 Å². The summed E-state index contributed by atoms with van der Waals surface area (Å²) in [4.78, 5) is 16.9. The van der Waals surface area contributed by atoms with E-state index in [0.717, 1.165) is 0 Å². The monoisotopic (exact) mass is 216 g/mol. The van der Waals surface area contributed by atoms with Gasteiger partial charge in [0.2, 0.25) is 0 Å². The van der Waals surface area contributed by atoms with Gasteiger partial charge >= 0.3 is 5.97 Å². The summed E-state index contributed by atoms with van der Waals surface area (Å²) in [6.07, 6.45) is 1.18. The third-order valence-corrected chi connectivity index (χ3v) is 2.61. The molecule has 88 valence electrons. The lowest BCUT2D eigenvalue weighted by atomic mass is 9.89. The number of nitrogens with zero attached hydrogens (tertiary/aromatic N) is 1. The van der Waals surface area contributed by atoms with Crippen molar-refractivity contribution >= 4 is 5.97 Å². The van der Waals surface area contributed by atoms with Crippen molar-refractivity contribution in [3.63, 3.8) is 0 Å². The zero-order valence-corrected chi connectivity index (χ0v) is 9.49. The Bertz CT molecular complexity index is 213. The van der Waals surface area contributed by atoms with E-state index in [1.54, 1.807) is 6.92 Å². The lowest BCUT2D eigenvalue weighted by Gasteiger charge is -2.36. The third kappa shape index (κ3) is 3.15. The van der Waals surface area contributed by atoms with Crippen LogP contribution in [0.4, 0.5) is 0 Å². The van der Waals surface area contributed by atoms with Gasteiger partial charge in [-0.25, -0.2) is 0 Å². The summed E-state index contributed by atoms with van der Waals surface area (Å²) in [6.45, 7) is 6.13. The van der Waals surface area contributed by atoms with Crippen molar-refractivity contribution in [1.82, 2.24) is 5.06 Å². The average Bonchev–Trinajstić information content (AvgIpc) is 2.22. The first-order chi connectivity index (χ1) is 7.12. The van der Waals surface area contributed by atoms with E-state index < -0.39 is 5.54 Å². The molecule has 15 heavy (non-hydrogen) atoms. The van der Waals surface area contributed by atoms with Crippen LogP contribution in [0, 0.1) is 0 Å². The number of esters is 1. The Hall–Kier alpha value is -0.650. The number of piperidine rings is 1. The number of hydrogen-bond acceptors (Lipinski definition) is 5. The Morgan fingerprint density at radius 1 is 1.33 bits per heavy atom. The first-order valence-electron chi connectivity index (χ1n) is 5.46. The van der Waals surface area contributed by atoms with Gasteiger partial charge < -0.3 is 10.5 Å². The topological polar surface area (TPSA) is 64.8 Å². The summed E-state index contributed by atoms with van der Waals surface area (Å²) in [5.41, 5.74) is 5.17. The van der Waals surface area contributed by atoms with E-state index in [0.29, 0.717) is 39.1 Å². The molecule has 5 nitrogen and oxygen atoms in total. The van der Waals surface area contributed by atoms with Gasteiger partial charge in [-0.05, 0) is 26.7 Å². The van der Waals surface area contributed by atoms with Crippen LogP contribution in [0.2, 0.25) is 0 Å². The van der Waals surface area contributed by atoms with Gasteiger partial charge in [-0.15, -0.1) is 0 Å². The maximum atomic E-state index is 11.6. The fourth-order valence-corrected chi connectivity index (χ4v) is 1.68. The first kappa shape index (κ1) is 12.4. The van der Waals surface area contributed by atoms with Gasteiger partial charge in [-0.2, -0.15) is 5.06 Å². The van der Waals surface area contributed by atoms with Gasteiger partial charge in [0.15, 0.2) is 0 Å². The molecule has 0 aliphatic carbocycles.